The smallest absolute Gasteiger partial charge is 0.0330 e. The first-order valence-corrected chi connectivity index (χ1v) is 10.00. The van der Waals surface area contributed by atoms with E-state index >= 15 is 0 Å². The minimum atomic E-state index is -0.131. The van der Waals surface area contributed by atoms with Crippen LogP contribution >= 0.6 is 0 Å². The summed E-state index contributed by atoms with van der Waals surface area (Å²) in [4.78, 5) is 0. The van der Waals surface area contributed by atoms with Crippen molar-refractivity contribution in [2.24, 2.45) is 16.6 Å². The third-order valence-electron chi connectivity index (χ3n) is 5.56. The van der Waals surface area contributed by atoms with Gasteiger partial charge < -0.3 is 5.73 Å². The molecule has 0 bridgehead atoms. The van der Waals surface area contributed by atoms with Gasteiger partial charge in [0.15, 0.2) is 0 Å². The summed E-state index contributed by atoms with van der Waals surface area (Å²) in [6.07, 6.45) is 4.82. The molecule has 26 heavy (non-hydrogen) atoms. The fourth-order valence-electron chi connectivity index (χ4n) is 4.20. The highest BCUT2D eigenvalue weighted by atomic mass is 14.6. The van der Waals surface area contributed by atoms with Crippen LogP contribution in [0.4, 0.5) is 0 Å². The molecule has 0 spiro atoms. The molecule has 1 heteroatoms. The second-order valence-corrected chi connectivity index (χ2v) is 9.77. The van der Waals surface area contributed by atoms with Gasteiger partial charge in [-0.25, -0.2) is 0 Å². The average molecular weight is 352 g/mol. The summed E-state index contributed by atoms with van der Waals surface area (Å²) in [7, 11) is 0. The van der Waals surface area contributed by atoms with Gasteiger partial charge in [-0.05, 0) is 41.2 Å². The van der Waals surface area contributed by atoms with Crippen molar-refractivity contribution in [3.8, 4) is 0 Å². The molecule has 0 aliphatic carbocycles. The Balaban J connectivity index is 2.33. The van der Waals surface area contributed by atoms with Crippen LogP contribution in [-0.2, 0) is 5.41 Å². The normalized spacial score (nSPS) is 13.0. The van der Waals surface area contributed by atoms with Crippen molar-refractivity contribution in [2.45, 2.75) is 65.7 Å². The Hall–Kier alpha value is -1.60. The van der Waals surface area contributed by atoms with Crippen LogP contribution in [0.15, 0.2) is 60.7 Å². The Morgan fingerprint density at radius 3 is 1.54 bits per heavy atom. The molecule has 2 aromatic carbocycles. The predicted octanol–water partition coefficient (Wildman–Crippen LogP) is 6.56. The molecule has 2 N–H and O–H groups in total. The molecule has 2 aromatic rings. The first-order valence-electron chi connectivity index (χ1n) is 10.00. The number of rotatable bonds is 8. The van der Waals surface area contributed by atoms with E-state index < -0.39 is 0 Å². The molecular formula is C25H37N. The van der Waals surface area contributed by atoms with Crippen LogP contribution in [0, 0.1) is 10.8 Å². The van der Waals surface area contributed by atoms with E-state index in [-0.39, 0.29) is 10.8 Å². The van der Waals surface area contributed by atoms with E-state index in [1.165, 1.54) is 30.4 Å². The predicted molar refractivity (Wildman–Crippen MR) is 114 cm³/mol. The minimum Gasteiger partial charge on any atom is -0.329 e. The van der Waals surface area contributed by atoms with E-state index in [1.807, 2.05) is 0 Å². The van der Waals surface area contributed by atoms with Crippen LogP contribution in [0.1, 0.15) is 71.4 Å². The largest absolute Gasteiger partial charge is 0.329 e. The van der Waals surface area contributed by atoms with E-state index in [1.54, 1.807) is 0 Å². The number of benzene rings is 2. The van der Waals surface area contributed by atoms with Crippen LogP contribution < -0.4 is 5.73 Å². The number of nitrogens with two attached hydrogens (primary N) is 1. The molecule has 0 amide bonds. The van der Waals surface area contributed by atoms with E-state index in [9.17, 15) is 0 Å². The van der Waals surface area contributed by atoms with Crippen molar-refractivity contribution in [1.82, 2.24) is 0 Å². The van der Waals surface area contributed by atoms with E-state index in [4.69, 9.17) is 5.73 Å². The van der Waals surface area contributed by atoms with Gasteiger partial charge in [0, 0.05) is 12.0 Å². The van der Waals surface area contributed by atoms with Crippen molar-refractivity contribution in [3.05, 3.63) is 71.8 Å². The van der Waals surface area contributed by atoms with Crippen LogP contribution in [0.2, 0.25) is 0 Å². The highest BCUT2D eigenvalue weighted by Crippen LogP contribution is 2.44. The molecule has 0 heterocycles. The summed E-state index contributed by atoms with van der Waals surface area (Å²) in [6.45, 7) is 12.4. The summed E-state index contributed by atoms with van der Waals surface area (Å²) in [6, 6.07) is 21.7. The van der Waals surface area contributed by atoms with Crippen molar-refractivity contribution in [3.63, 3.8) is 0 Å². The quantitative estimate of drug-likeness (QED) is 0.572. The Morgan fingerprint density at radius 2 is 1.15 bits per heavy atom. The van der Waals surface area contributed by atoms with Crippen molar-refractivity contribution in [1.29, 1.82) is 0 Å². The number of hydrogen-bond donors (Lipinski definition) is 1. The molecule has 0 aliphatic rings. The standard InChI is InChI=1S/C25H37N/c1-23(2,3)17-12-18-24(4,5)19-25(20-26,21-13-8-6-9-14-21)22-15-10-7-11-16-22/h6-11,13-16H,12,17-20,26H2,1-5H3. The highest BCUT2D eigenvalue weighted by molar-refractivity contribution is 5.40. The maximum atomic E-state index is 6.48. The van der Waals surface area contributed by atoms with Gasteiger partial charge in [0.25, 0.3) is 0 Å². The van der Waals surface area contributed by atoms with Gasteiger partial charge in [-0.3, -0.25) is 0 Å². The minimum absolute atomic E-state index is 0.131. The maximum Gasteiger partial charge on any atom is 0.0330 e. The van der Waals surface area contributed by atoms with Gasteiger partial charge in [0.05, 0.1) is 0 Å². The summed E-state index contributed by atoms with van der Waals surface area (Å²) in [5, 5.41) is 0. The first-order chi connectivity index (χ1) is 12.2. The summed E-state index contributed by atoms with van der Waals surface area (Å²) in [5.41, 5.74) is 9.64. The SMILES string of the molecule is CC(C)(C)CCCC(C)(C)CC(CN)(c1ccccc1)c1ccccc1. The summed E-state index contributed by atoms with van der Waals surface area (Å²) in [5.74, 6) is 0. The van der Waals surface area contributed by atoms with Gasteiger partial charge in [0.2, 0.25) is 0 Å². The maximum absolute atomic E-state index is 6.48. The average Bonchev–Trinajstić information content (AvgIpc) is 2.60. The molecule has 0 saturated heterocycles. The second-order valence-electron chi connectivity index (χ2n) is 9.77. The lowest BCUT2D eigenvalue weighted by molar-refractivity contribution is 0.222. The zero-order valence-corrected chi connectivity index (χ0v) is 17.4. The summed E-state index contributed by atoms with van der Waals surface area (Å²) >= 11 is 0. The van der Waals surface area contributed by atoms with Crippen molar-refractivity contribution in [2.75, 3.05) is 6.54 Å². The molecule has 0 fully saturated rings. The van der Waals surface area contributed by atoms with Crippen molar-refractivity contribution >= 4 is 0 Å². The Labute approximate surface area is 161 Å². The van der Waals surface area contributed by atoms with Crippen molar-refractivity contribution < 1.29 is 0 Å². The lowest BCUT2D eigenvalue weighted by atomic mass is 9.64. The zero-order valence-electron chi connectivity index (χ0n) is 17.4. The third kappa shape index (κ3) is 5.45. The fraction of sp³-hybridized carbons (Fsp3) is 0.520. The van der Waals surface area contributed by atoms with Gasteiger partial charge in [-0.2, -0.15) is 0 Å². The van der Waals surface area contributed by atoms with Gasteiger partial charge in [-0.15, -0.1) is 0 Å². The molecule has 0 atom stereocenters. The summed E-state index contributed by atoms with van der Waals surface area (Å²) < 4.78 is 0. The van der Waals surface area contributed by atoms with Gasteiger partial charge >= 0.3 is 0 Å². The molecule has 2 rings (SSSR count). The molecule has 0 saturated carbocycles. The van der Waals surface area contributed by atoms with Gasteiger partial charge in [0.1, 0.15) is 0 Å². The molecule has 0 aromatic heterocycles. The van der Waals surface area contributed by atoms with E-state index in [2.05, 4.69) is 95.3 Å². The number of hydrogen-bond acceptors (Lipinski definition) is 1. The highest BCUT2D eigenvalue weighted by Gasteiger charge is 2.38. The zero-order chi connectivity index (χ0) is 19.3. The lowest BCUT2D eigenvalue weighted by Gasteiger charge is -2.41. The molecular weight excluding hydrogens is 314 g/mol. The van der Waals surface area contributed by atoms with E-state index in [0.717, 1.165) is 6.42 Å². The Kier molecular flexibility index (Phi) is 6.69. The molecule has 0 unspecified atom stereocenters. The monoisotopic (exact) mass is 351 g/mol. The van der Waals surface area contributed by atoms with Crippen LogP contribution in [-0.4, -0.2) is 6.54 Å². The lowest BCUT2D eigenvalue weighted by Crippen LogP contribution is -2.40. The third-order valence-corrected chi connectivity index (χ3v) is 5.56. The topological polar surface area (TPSA) is 26.0 Å². The molecule has 142 valence electrons. The van der Waals surface area contributed by atoms with Crippen LogP contribution in [0.25, 0.3) is 0 Å². The van der Waals surface area contributed by atoms with E-state index in [0.29, 0.717) is 12.0 Å². The molecule has 0 aliphatic heterocycles. The second kappa shape index (κ2) is 8.39. The van der Waals surface area contributed by atoms with Crippen LogP contribution in [0.3, 0.4) is 0 Å². The van der Waals surface area contributed by atoms with Gasteiger partial charge in [-0.1, -0.05) is 102 Å². The first kappa shape index (κ1) is 20.7. The van der Waals surface area contributed by atoms with Crippen LogP contribution in [0.5, 0.6) is 0 Å². The molecule has 1 nitrogen and oxygen atoms in total. The Morgan fingerprint density at radius 1 is 0.692 bits per heavy atom. The fourth-order valence-corrected chi connectivity index (χ4v) is 4.20. The molecule has 0 radical (unpaired) electrons. The Bertz CT molecular complexity index is 610.